The predicted octanol–water partition coefficient (Wildman–Crippen LogP) is 3.64. The lowest BCUT2D eigenvalue weighted by atomic mass is 10.2. The first-order valence-electron chi connectivity index (χ1n) is 7.10. The van der Waals surface area contributed by atoms with E-state index in [0.29, 0.717) is 6.04 Å². The van der Waals surface area contributed by atoms with Crippen LogP contribution in [-0.4, -0.2) is 15.8 Å². The van der Waals surface area contributed by atoms with Crippen LogP contribution in [0, 0.1) is 19.8 Å². The third kappa shape index (κ3) is 2.60. The van der Waals surface area contributed by atoms with Gasteiger partial charge in [0.1, 0.15) is 0 Å². The fraction of sp³-hybridized carbons (Fsp3) is 0.438. The van der Waals surface area contributed by atoms with E-state index in [1.54, 1.807) is 0 Å². The van der Waals surface area contributed by atoms with Gasteiger partial charge in [0.15, 0.2) is 0 Å². The van der Waals surface area contributed by atoms with Crippen molar-refractivity contribution in [2.24, 2.45) is 5.92 Å². The molecule has 2 atom stereocenters. The average Bonchev–Trinajstić information content (AvgIpc) is 3.05. The molecule has 2 unspecified atom stereocenters. The Balaban J connectivity index is 1.83. The summed E-state index contributed by atoms with van der Waals surface area (Å²) in [7, 11) is 0. The number of aryl methyl sites for hydroxylation is 1. The summed E-state index contributed by atoms with van der Waals surface area (Å²) >= 11 is 5.94. The molecule has 0 amide bonds. The van der Waals surface area contributed by atoms with Crippen molar-refractivity contribution in [1.29, 1.82) is 0 Å². The lowest BCUT2D eigenvalue weighted by molar-refractivity contribution is 0.648. The summed E-state index contributed by atoms with van der Waals surface area (Å²) in [4.78, 5) is 0. The number of benzene rings is 1. The SMILES string of the molecule is Cc1nn(-c2ccc(Cl)cc2)c(C)c1CNC1CC1C. The Morgan fingerprint density at radius 3 is 2.55 bits per heavy atom. The van der Waals surface area contributed by atoms with Gasteiger partial charge in [-0.3, -0.25) is 0 Å². The Bertz CT molecular complexity index is 615. The van der Waals surface area contributed by atoms with Crippen LogP contribution in [-0.2, 0) is 6.54 Å². The van der Waals surface area contributed by atoms with Gasteiger partial charge in [0.25, 0.3) is 0 Å². The molecule has 1 N–H and O–H groups in total. The molecule has 3 nitrogen and oxygen atoms in total. The smallest absolute Gasteiger partial charge is 0.0649 e. The summed E-state index contributed by atoms with van der Waals surface area (Å²) in [6, 6.07) is 8.49. The van der Waals surface area contributed by atoms with Gasteiger partial charge >= 0.3 is 0 Å². The molecule has 4 heteroatoms. The first-order chi connectivity index (χ1) is 9.56. The first-order valence-corrected chi connectivity index (χ1v) is 7.48. The molecule has 1 fully saturated rings. The second-order valence-electron chi connectivity index (χ2n) is 5.74. The minimum atomic E-state index is 0.688. The van der Waals surface area contributed by atoms with E-state index in [1.165, 1.54) is 17.7 Å². The van der Waals surface area contributed by atoms with Crippen LogP contribution in [0.2, 0.25) is 5.02 Å². The lowest BCUT2D eigenvalue weighted by Crippen LogP contribution is -2.18. The predicted molar refractivity (Wildman–Crippen MR) is 82.5 cm³/mol. The van der Waals surface area contributed by atoms with Crippen LogP contribution in [0.25, 0.3) is 5.69 Å². The van der Waals surface area contributed by atoms with E-state index < -0.39 is 0 Å². The second-order valence-corrected chi connectivity index (χ2v) is 6.17. The molecule has 1 saturated carbocycles. The van der Waals surface area contributed by atoms with E-state index >= 15 is 0 Å². The lowest BCUT2D eigenvalue weighted by Gasteiger charge is -2.06. The van der Waals surface area contributed by atoms with Crippen LogP contribution in [0.15, 0.2) is 24.3 Å². The highest BCUT2D eigenvalue weighted by Gasteiger charge is 2.32. The van der Waals surface area contributed by atoms with Crippen molar-refractivity contribution < 1.29 is 0 Å². The second kappa shape index (κ2) is 5.23. The molecule has 0 radical (unpaired) electrons. The Kier molecular flexibility index (Phi) is 3.57. The number of nitrogens with zero attached hydrogens (tertiary/aromatic N) is 2. The molecule has 0 aliphatic heterocycles. The molecule has 1 aromatic carbocycles. The standard InChI is InChI=1S/C16H20ClN3/c1-10-8-16(10)18-9-15-11(2)19-20(12(15)3)14-6-4-13(17)5-7-14/h4-7,10,16,18H,8-9H2,1-3H3. The number of rotatable bonds is 4. The molecule has 3 rings (SSSR count). The highest BCUT2D eigenvalue weighted by Crippen LogP contribution is 2.29. The fourth-order valence-corrected chi connectivity index (χ4v) is 2.73. The quantitative estimate of drug-likeness (QED) is 0.931. The van der Waals surface area contributed by atoms with E-state index in [-0.39, 0.29) is 0 Å². The number of hydrogen-bond acceptors (Lipinski definition) is 2. The van der Waals surface area contributed by atoms with Crippen molar-refractivity contribution in [2.75, 3.05) is 0 Å². The van der Waals surface area contributed by atoms with E-state index in [9.17, 15) is 0 Å². The highest BCUT2D eigenvalue weighted by atomic mass is 35.5. The molecular formula is C16H20ClN3. The zero-order valence-electron chi connectivity index (χ0n) is 12.2. The first kappa shape index (κ1) is 13.7. The van der Waals surface area contributed by atoms with E-state index in [2.05, 4.69) is 31.2 Å². The van der Waals surface area contributed by atoms with Crippen LogP contribution in [0.4, 0.5) is 0 Å². The van der Waals surface area contributed by atoms with Crippen molar-refractivity contribution in [3.63, 3.8) is 0 Å². The van der Waals surface area contributed by atoms with Crippen LogP contribution in [0.5, 0.6) is 0 Å². The summed E-state index contributed by atoms with van der Waals surface area (Å²) in [5.74, 6) is 0.821. The van der Waals surface area contributed by atoms with Crippen LogP contribution >= 0.6 is 11.6 Å². The van der Waals surface area contributed by atoms with E-state index in [1.807, 2.05) is 28.9 Å². The topological polar surface area (TPSA) is 29.9 Å². The molecule has 0 saturated heterocycles. The van der Waals surface area contributed by atoms with Crippen molar-refractivity contribution in [2.45, 2.75) is 39.8 Å². The fourth-order valence-electron chi connectivity index (χ4n) is 2.60. The maximum absolute atomic E-state index is 5.94. The summed E-state index contributed by atoms with van der Waals surface area (Å²) in [6.45, 7) is 7.39. The molecule has 20 heavy (non-hydrogen) atoms. The highest BCUT2D eigenvalue weighted by molar-refractivity contribution is 6.30. The van der Waals surface area contributed by atoms with Gasteiger partial charge in [0, 0.05) is 28.9 Å². The van der Waals surface area contributed by atoms with Crippen molar-refractivity contribution >= 4 is 11.6 Å². The molecule has 1 aromatic heterocycles. The minimum absolute atomic E-state index is 0.688. The van der Waals surface area contributed by atoms with Gasteiger partial charge in [-0.15, -0.1) is 0 Å². The molecule has 0 spiro atoms. The summed E-state index contributed by atoms with van der Waals surface area (Å²) in [5, 5.41) is 9.01. The monoisotopic (exact) mass is 289 g/mol. The number of hydrogen-bond donors (Lipinski definition) is 1. The Morgan fingerprint density at radius 2 is 1.95 bits per heavy atom. The van der Waals surface area contributed by atoms with Crippen molar-refractivity contribution in [1.82, 2.24) is 15.1 Å². The van der Waals surface area contributed by atoms with E-state index in [4.69, 9.17) is 11.6 Å². The molecule has 1 aliphatic carbocycles. The Labute approximate surface area is 124 Å². The van der Waals surface area contributed by atoms with Gasteiger partial charge in [0.05, 0.1) is 11.4 Å². The normalized spacial score (nSPS) is 21.2. The maximum atomic E-state index is 5.94. The summed E-state index contributed by atoms with van der Waals surface area (Å²) in [6.07, 6.45) is 1.30. The maximum Gasteiger partial charge on any atom is 0.0649 e. The summed E-state index contributed by atoms with van der Waals surface area (Å²) < 4.78 is 2.00. The molecule has 106 valence electrons. The van der Waals surface area contributed by atoms with Gasteiger partial charge in [-0.2, -0.15) is 5.10 Å². The number of halogens is 1. The number of nitrogens with one attached hydrogen (secondary N) is 1. The molecule has 1 heterocycles. The Morgan fingerprint density at radius 1 is 1.30 bits per heavy atom. The van der Waals surface area contributed by atoms with Crippen LogP contribution in [0.3, 0.4) is 0 Å². The van der Waals surface area contributed by atoms with Crippen LogP contribution in [0.1, 0.15) is 30.3 Å². The van der Waals surface area contributed by atoms with Crippen molar-refractivity contribution in [3.05, 3.63) is 46.2 Å². The third-order valence-electron chi connectivity index (χ3n) is 4.16. The summed E-state index contributed by atoms with van der Waals surface area (Å²) in [5.41, 5.74) is 4.66. The van der Waals surface area contributed by atoms with Crippen LogP contribution < -0.4 is 5.32 Å². The molecular weight excluding hydrogens is 270 g/mol. The van der Waals surface area contributed by atoms with Gasteiger partial charge < -0.3 is 5.32 Å². The third-order valence-corrected chi connectivity index (χ3v) is 4.41. The number of aromatic nitrogens is 2. The Hall–Kier alpha value is -1.32. The zero-order chi connectivity index (χ0) is 14.3. The zero-order valence-corrected chi connectivity index (χ0v) is 12.9. The molecule has 0 bridgehead atoms. The average molecular weight is 290 g/mol. The van der Waals surface area contributed by atoms with Gasteiger partial charge in [0.2, 0.25) is 0 Å². The van der Waals surface area contributed by atoms with E-state index in [0.717, 1.165) is 28.9 Å². The van der Waals surface area contributed by atoms with Gasteiger partial charge in [-0.05, 0) is 50.5 Å². The van der Waals surface area contributed by atoms with Gasteiger partial charge in [-0.1, -0.05) is 18.5 Å². The molecule has 2 aromatic rings. The largest absolute Gasteiger partial charge is 0.310 e. The van der Waals surface area contributed by atoms with Crippen molar-refractivity contribution in [3.8, 4) is 5.69 Å². The van der Waals surface area contributed by atoms with Gasteiger partial charge in [-0.25, -0.2) is 4.68 Å². The molecule has 1 aliphatic rings. The minimum Gasteiger partial charge on any atom is -0.310 e.